The van der Waals surface area contributed by atoms with Gasteiger partial charge in [0.25, 0.3) is 0 Å². The third-order valence-electron chi connectivity index (χ3n) is 4.19. The second kappa shape index (κ2) is 10.2. The maximum Gasteiger partial charge on any atom is 0.174 e. The molecule has 0 aliphatic rings. The highest BCUT2D eigenvalue weighted by Gasteiger charge is 2.13. The predicted octanol–water partition coefficient (Wildman–Crippen LogP) is 7.39. The van der Waals surface area contributed by atoms with Gasteiger partial charge in [-0.2, -0.15) is 5.26 Å². The molecule has 7 heteroatoms. The summed E-state index contributed by atoms with van der Waals surface area (Å²) < 4.78 is 25.8. The molecule has 0 bridgehead atoms. The molecule has 0 aliphatic carbocycles. The van der Waals surface area contributed by atoms with Crippen molar-refractivity contribution in [3.63, 3.8) is 0 Å². The van der Waals surface area contributed by atoms with Gasteiger partial charge in [-0.3, -0.25) is 0 Å². The van der Waals surface area contributed by atoms with Gasteiger partial charge in [-0.05, 0) is 81.8 Å². The lowest BCUT2D eigenvalue weighted by atomic mass is 10.0. The van der Waals surface area contributed by atoms with Gasteiger partial charge in [-0.25, -0.2) is 4.39 Å². The van der Waals surface area contributed by atoms with E-state index in [2.05, 4.69) is 28.7 Å². The number of nitrogens with zero attached hydrogens (tertiary/aromatic N) is 1. The average Bonchev–Trinajstić information content (AvgIpc) is 2.73. The minimum absolute atomic E-state index is 0.283. The minimum atomic E-state index is -0.396. The molecule has 0 radical (unpaired) electrons. The second-order valence-corrected chi connectivity index (χ2v) is 8.23. The molecule has 3 aromatic carbocycles. The zero-order valence-electron chi connectivity index (χ0n) is 15.8. The molecule has 0 aliphatic heterocycles. The van der Waals surface area contributed by atoms with Crippen molar-refractivity contribution in [1.29, 1.82) is 5.26 Å². The van der Waals surface area contributed by atoms with Crippen LogP contribution < -0.4 is 9.47 Å². The van der Waals surface area contributed by atoms with Crippen LogP contribution in [-0.4, -0.2) is 7.11 Å². The van der Waals surface area contributed by atoms with Crippen LogP contribution in [0.1, 0.15) is 16.7 Å². The topological polar surface area (TPSA) is 42.2 Å². The number of methoxy groups -OCH3 is 1. The van der Waals surface area contributed by atoms with Crippen molar-refractivity contribution >= 4 is 57.4 Å². The van der Waals surface area contributed by atoms with Crippen LogP contribution in [0.15, 0.2) is 54.6 Å². The summed E-state index contributed by atoms with van der Waals surface area (Å²) >= 11 is 14.2. The van der Waals surface area contributed by atoms with Gasteiger partial charge in [0.2, 0.25) is 0 Å². The summed E-state index contributed by atoms with van der Waals surface area (Å²) in [5.41, 5.74) is 2.45. The summed E-state index contributed by atoms with van der Waals surface area (Å²) in [5.74, 6) is 0.696. The van der Waals surface area contributed by atoms with Crippen LogP contribution in [0.3, 0.4) is 0 Å². The summed E-state index contributed by atoms with van der Waals surface area (Å²) in [6.07, 6.45) is 1.68. The van der Waals surface area contributed by atoms with Crippen molar-refractivity contribution in [2.45, 2.75) is 6.61 Å². The maximum absolute atomic E-state index is 13.5. The molecule has 0 spiro atoms. The largest absolute Gasteiger partial charge is 0.493 e. The lowest BCUT2D eigenvalue weighted by molar-refractivity contribution is 0.282. The zero-order chi connectivity index (χ0) is 21.7. The molecular formula is C23H15Cl2FINO2. The van der Waals surface area contributed by atoms with E-state index < -0.39 is 5.82 Å². The Morgan fingerprint density at radius 2 is 1.93 bits per heavy atom. The molecule has 0 unspecified atom stereocenters. The molecule has 0 heterocycles. The number of allylic oxidation sites excluding steroid dienone is 1. The molecule has 0 N–H and O–H groups in total. The number of rotatable bonds is 6. The first-order chi connectivity index (χ1) is 14.4. The van der Waals surface area contributed by atoms with Crippen molar-refractivity contribution in [3.8, 4) is 17.6 Å². The van der Waals surface area contributed by atoms with E-state index in [1.54, 1.807) is 43.5 Å². The Morgan fingerprint density at radius 1 is 1.13 bits per heavy atom. The standard InChI is InChI=1S/C23H15Cl2FINO2/c1-29-22-10-15(7-17(12-28)16-3-2-4-18(26)11-16)9-21(27)23(22)30-13-14-5-6-19(24)20(25)8-14/h2-11H,13H2,1H3/b17-7-. The van der Waals surface area contributed by atoms with Gasteiger partial charge in [0.15, 0.2) is 11.5 Å². The number of ether oxygens (including phenoxy) is 2. The maximum atomic E-state index is 13.5. The molecule has 30 heavy (non-hydrogen) atoms. The van der Waals surface area contributed by atoms with E-state index in [9.17, 15) is 9.65 Å². The summed E-state index contributed by atoms with van der Waals surface area (Å²) in [6, 6.07) is 17.0. The van der Waals surface area contributed by atoms with Crippen LogP contribution in [0, 0.1) is 20.7 Å². The van der Waals surface area contributed by atoms with Gasteiger partial charge in [-0.15, -0.1) is 0 Å². The fourth-order valence-electron chi connectivity index (χ4n) is 2.75. The Hall–Kier alpha value is -2.27. The Labute approximate surface area is 197 Å². The number of hydrogen-bond donors (Lipinski definition) is 0. The molecule has 152 valence electrons. The highest BCUT2D eigenvalue weighted by molar-refractivity contribution is 14.1. The lowest BCUT2D eigenvalue weighted by Crippen LogP contribution is -2.00. The average molecular weight is 554 g/mol. The molecule has 0 saturated carbocycles. The summed E-state index contributed by atoms with van der Waals surface area (Å²) in [4.78, 5) is 0. The van der Waals surface area contributed by atoms with Gasteiger partial charge < -0.3 is 9.47 Å². The van der Waals surface area contributed by atoms with Crippen molar-refractivity contribution in [1.82, 2.24) is 0 Å². The van der Waals surface area contributed by atoms with Crippen molar-refractivity contribution in [2.75, 3.05) is 7.11 Å². The summed E-state index contributed by atoms with van der Waals surface area (Å²) in [7, 11) is 1.54. The van der Waals surface area contributed by atoms with Gasteiger partial charge in [0, 0.05) is 0 Å². The summed E-state index contributed by atoms with van der Waals surface area (Å²) in [5, 5.41) is 10.5. The Kier molecular flexibility index (Phi) is 7.59. The van der Waals surface area contributed by atoms with Gasteiger partial charge >= 0.3 is 0 Å². The summed E-state index contributed by atoms with van der Waals surface area (Å²) in [6.45, 7) is 0.283. The SMILES string of the molecule is COc1cc(/C=C(/C#N)c2cccc(F)c2)cc(I)c1OCc1ccc(Cl)c(Cl)c1. The predicted molar refractivity (Wildman–Crippen MR) is 126 cm³/mol. The number of benzene rings is 3. The number of nitriles is 1. The van der Waals surface area contributed by atoms with Crippen molar-refractivity contribution in [3.05, 3.63) is 90.7 Å². The molecule has 0 saturated heterocycles. The van der Waals surface area contributed by atoms with E-state index in [1.165, 1.54) is 12.1 Å². The van der Waals surface area contributed by atoms with Crippen LogP contribution in [0.5, 0.6) is 11.5 Å². The second-order valence-electron chi connectivity index (χ2n) is 6.25. The van der Waals surface area contributed by atoms with E-state index >= 15 is 0 Å². The molecular weight excluding hydrogens is 539 g/mol. The smallest absolute Gasteiger partial charge is 0.174 e. The number of hydrogen-bond acceptors (Lipinski definition) is 3. The van der Waals surface area contributed by atoms with Crippen molar-refractivity contribution < 1.29 is 13.9 Å². The van der Waals surface area contributed by atoms with E-state index in [0.717, 1.165) is 14.7 Å². The molecule has 0 fully saturated rings. The molecule has 0 aromatic heterocycles. The van der Waals surface area contributed by atoms with Crippen LogP contribution in [0.4, 0.5) is 4.39 Å². The number of halogens is 4. The Balaban J connectivity index is 1.89. The molecule has 0 atom stereocenters. The van der Waals surface area contributed by atoms with Gasteiger partial charge in [0.1, 0.15) is 12.4 Å². The molecule has 3 nitrogen and oxygen atoms in total. The van der Waals surface area contributed by atoms with E-state index in [0.29, 0.717) is 32.7 Å². The minimum Gasteiger partial charge on any atom is -0.493 e. The first-order valence-corrected chi connectivity index (χ1v) is 10.6. The normalized spacial score (nSPS) is 11.1. The first kappa shape index (κ1) is 22.4. The molecule has 3 aromatic rings. The van der Waals surface area contributed by atoms with Crippen molar-refractivity contribution in [2.24, 2.45) is 0 Å². The third kappa shape index (κ3) is 5.45. The van der Waals surface area contributed by atoms with Crippen LogP contribution >= 0.6 is 45.8 Å². The lowest BCUT2D eigenvalue weighted by Gasteiger charge is -2.14. The van der Waals surface area contributed by atoms with E-state index in [4.69, 9.17) is 32.7 Å². The van der Waals surface area contributed by atoms with Crippen LogP contribution in [0.25, 0.3) is 11.6 Å². The third-order valence-corrected chi connectivity index (χ3v) is 5.73. The van der Waals surface area contributed by atoms with E-state index in [1.807, 2.05) is 12.1 Å². The van der Waals surface area contributed by atoms with Crippen LogP contribution in [0.2, 0.25) is 10.0 Å². The van der Waals surface area contributed by atoms with E-state index in [-0.39, 0.29) is 6.61 Å². The quantitative estimate of drug-likeness (QED) is 0.181. The van der Waals surface area contributed by atoms with Crippen LogP contribution in [-0.2, 0) is 6.61 Å². The Morgan fingerprint density at radius 3 is 2.60 bits per heavy atom. The fraction of sp³-hybridized carbons (Fsp3) is 0.0870. The monoisotopic (exact) mass is 553 g/mol. The van der Waals surface area contributed by atoms with Gasteiger partial charge in [0.05, 0.1) is 32.4 Å². The van der Waals surface area contributed by atoms with Gasteiger partial charge in [-0.1, -0.05) is 41.4 Å². The zero-order valence-corrected chi connectivity index (χ0v) is 19.4. The molecule has 0 amide bonds. The first-order valence-electron chi connectivity index (χ1n) is 8.73. The molecule has 3 rings (SSSR count). The fourth-order valence-corrected chi connectivity index (χ4v) is 3.85. The Bertz CT molecular complexity index is 1160. The highest BCUT2D eigenvalue weighted by atomic mass is 127. The highest BCUT2D eigenvalue weighted by Crippen LogP contribution is 2.36.